The zero-order valence-corrected chi connectivity index (χ0v) is 12.9. The molecule has 1 aliphatic heterocycles. The number of aromatic nitrogens is 4. The van der Waals surface area contributed by atoms with Gasteiger partial charge in [-0.05, 0) is 24.6 Å². The summed E-state index contributed by atoms with van der Waals surface area (Å²) in [6, 6.07) is 7.50. The van der Waals surface area contributed by atoms with Crippen molar-refractivity contribution in [3.8, 4) is 11.3 Å². The van der Waals surface area contributed by atoms with Crippen molar-refractivity contribution in [1.29, 1.82) is 0 Å². The monoisotopic (exact) mass is 326 g/mol. The van der Waals surface area contributed by atoms with Gasteiger partial charge >= 0.3 is 0 Å². The summed E-state index contributed by atoms with van der Waals surface area (Å²) < 4.78 is 5.43. The van der Waals surface area contributed by atoms with Crippen molar-refractivity contribution >= 4 is 22.7 Å². The van der Waals surface area contributed by atoms with E-state index in [-0.39, 0.29) is 12.0 Å². The number of hydrogen-bond donors (Lipinski definition) is 4. The number of rotatable bonds is 3. The van der Waals surface area contributed by atoms with E-state index in [4.69, 9.17) is 10.5 Å². The predicted molar refractivity (Wildman–Crippen MR) is 90.4 cm³/mol. The molecule has 4 rings (SSSR count). The van der Waals surface area contributed by atoms with Crippen molar-refractivity contribution in [2.75, 3.05) is 24.3 Å². The Morgan fingerprint density at radius 2 is 2.21 bits per heavy atom. The highest BCUT2D eigenvalue weighted by Gasteiger charge is 2.24. The summed E-state index contributed by atoms with van der Waals surface area (Å²) >= 11 is 0. The van der Waals surface area contributed by atoms with Crippen molar-refractivity contribution in [2.45, 2.75) is 18.6 Å². The smallest absolute Gasteiger partial charge is 0.222 e. The Balaban J connectivity index is 1.72. The van der Waals surface area contributed by atoms with Gasteiger partial charge in [-0.3, -0.25) is 5.10 Å². The van der Waals surface area contributed by atoms with E-state index in [0.717, 1.165) is 22.2 Å². The third kappa shape index (κ3) is 2.77. The van der Waals surface area contributed by atoms with E-state index in [9.17, 15) is 5.11 Å². The fraction of sp³-hybridized carbons (Fsp3) is 0.312. The largest absolute Gasteiger partial charge is 0.391 e. The molecular weight excluding hydrogens is 308 g/mol. The Labute approximate surface area is 138 Å². The van der Waals surface area contributed by atoms with Crippen LogP contribution in [-0.2, 0) is 4.74 Å². The lowest BCUT2D eigenvalue weighted by molar-refractivity contribution is 0.00309. The summed E-state index contributed by atoms with van der Waals surface area (Å²) in [4.78, 5) is 8.61. The van der Waals surface area contributed by atoms with Gasteiger partial charge in [-0.15, -0.1) is 0 Å². The number of nitrogens with two attached hydrogens (primary N) is 1. The maximum atomic E-state index is 10.1. The first-order valence-corrected chi connectivity index (χ1v) is 7.80. The van der Waals surface area contributed by atoms with E-state index in [2.05, 4.69) is 25.5 Å². The van der Waals surface area contributed by atoms with Gasteiger partial charge in [-0.1, -0.05) is 6.07 Å². The topological polar surface area (TPSA) is 122 Å². The van der Waals surface area contributed by atoms with Gasteiger partial charge in [0.2, 0.25) is 5.95 Å². The van der Waals surface area contributed by atoms with Gasteiger partial charge in [0, 0.05) is 23.8 Å². The van der Waals surface area contributed by atoms with E-state index in [1.54, 1.807) is 6.20 Å². The zero-order valence-electron chi connectivity index (χ0n) is 12.9. The highest BCUT2D eigenvalue weighted by Crippen LogP contribution is 2.27. The van der Waals surface area contributed by atoms with Gasteiger partial charge < -0.3 is 20.9 Å². The standard InChI is InChI=1S/C16H18N6O2/c17-16-20-12-7-9(11-3-5-18-22-11)1-2-10(12)15(21-16)19-13-8-24-6-4-14(13)23/h1-3,5,7,13-14,23H,4,6,8H2,(H,18,22)(H3,17,19,20,21). The molecule has 3 heterocycles. The van der Waals surface area contributed by atoms with Gasteiger partial charge in [-0.2, -0.15) is 10.1 Å². The number of aromatic amines is 1. The van der Waals surface area contributed by atoms with E-state index in [1.165, 1.54) is 0 Å². The molecule has 0 bridgehead atoms. The van der Waals surface area contributed by atoms with Crippen LogP contribution in [0.2, 0.25) is 0 Å². The molecule has 0 aliphatic carbocycles. The molecule has 2 unspecified atom stereocenters. The maximum absolute atomic E-state index is 10.1. The SMILES string of the molecule is Nc1nc(NC2COCCC2O)c2ccc(-c3ccn[nH]3)cc2n1. The molecule has 2 atom stereocenters. The molecule has 5 N–H and O–H groups in total. The first-order valence-electron chi connectivity index (χ1n) is 7.80. The molecule has 0 saturated carbocycles. The highest BCUT2D eigenvalue weighted by atomic mass is 16.5. The highest BCUT2D eigenvalue weighted by molar-refractivity contribution is 5.92. The number of hydrogen-bond acceptors (Lipinski definition) is 7. The fourth-order valence-corrected chi connectivity index (χ4v) is 2.88. The Morgan fingerprint density at radius 1 is 1.29 bits per heavy atom. The van der Waals surface area contributed by atoms with Gasteiger partial charge in [-0.25, -0.2) is 4.98 Å². The van der Waals surface area contributed by atoms with E-state index < -0.39 is 6.10 Å². The van der Waals surface area contributed by atoms with E-state index >= 15 is 0 Å². The maximum Gasteiger partial charge on any atom is 0.222 e. The van der Waals surface area contributed by atoms with Crippen molar-refractivity contribution in [3.63, 3.8) is 0 Å². The number of H-pyrrole nitrogens is 1. The molecule has 0 amide bonds. The fourth-order valence-electron chi connectivity index (χ4n) is 2.88. The zero-order chi connectivity index (χ0) is 16.5. The summed E-state index contributed by atoms with van der Waals surface area (Å²) in [6.07, 6.45) is 1.82. The Hall–Kier alpha value is -2.71. The van der Waals surface area contributed by atoms with Crippen molar-refractivity contribution < 1.29 is 9.84 Å². The number of aliphatic hydroxyl groups excluding tert-OH is 1. The number of nitrogen functional groups attached to an aromatic ring is 1. The first-order chi connectivity index (χ1) is 11.7. The van der Waals surface area contributed by atoms with E-state index in [1.807, 2.05) is 24.3 Å². The molecule has 1 aliphatic rings. The number of fused-ring (bicyclic) bond motifs is 1. The number of benzene rings is 1. The van der Waals surface area contributed by atoms with Crippen LogP contribution in [0.15, 0.2) is 30.5 Å². The summed E-state index contributed by atoms with van der Waals surface area (Å²) in [5, 5.41) is 21.1. The second kappa shape index (κ2) is 6.06. The van der Waals surface area contributed by atoms with Gasteiger partial charge in [0.1, 0.15) is 5.82 Å². The quantitative estimate of drug-likeness (QED) is 0.570. The molecule has 8 nitrogen and oxygen atoms in total. The molecule has 0 spiro atoms. The van der Waals surface area contributed by atoms with E-state index in [0.29, 0.717) is 25.5 Å². The molecule has 1 saturated heterocycles. The van der Waals surface area contributed by atoms with Crippen LogP contribution in [0.3, 0.4) is 0 Å². The molecule has 1 aromatic carbocycles. The molecule has 3 aromatic rings. The minimum atomic E-state index is -0.478. The minimum absolute atomic E-state index is 0.179. The molecule has 1 fully saturated rings. The van der Waals surface area contributed by atoms with Crippen LogP contribution >= 0.6 is 0 Å². The molecule has 8 heteroatoms. The van der Waals surface area contributed by atoms with Crippen LogP contribution in [0.4, 0.5) is 11.8 Å². The third-order valence-electron chi connectivity index (χ3n) is 4.17. The average Bonchev–Trinajstić information content (AvgIpc) is 3.11. The lowest BCUT2D eigenvalue weighted by Crippen LogP contribution is -2.42. The van der Waals surface area contributed by atoms with Crippen molar-refractivity contribution in [2.24, 2.45) is 0 Å². The summed E-state index contributed by atoms with van der Waals surface area (Å²) in [5.41, 5.74) is 8.45. The van der Waals surface area contributed by atoms with Crippen LogP contribution in [-0.4, -0.2) is 50.6 Å². The summed E-state index contributed by atoms with van der Waals surface area (Å²) in [7, 11) is 0. The summed E-state index contributed by atoms with van der Waals surface area (Å²) in [5.74, 6) is 0.779. The van der Waals surface area contributed by atoms with Crippen LogP contribution in [0, 0.1) is 0 Å². The lowest BCUT2D eigenvalue weighted by atomic mass is 10.1. The number of aliphatic hydroxyl groups is 1. The van der Waals surface area contributed by atoms with Crippen LogP contribution in [0.5, 0.6) is 0 Å². The normalized spacial score (nSPS) is 21.0. The first kappa shape index (κ1) is 14.9. The number of nitrogens with zero attached hydrogens (tertiary/aromatic N) is 3. The van der Waals surface area contributed by atoms with Gasteiger partial charge in [0.05, 0.1) is 30.0 Å². The van der Waals surface area contributed by atoms with Crippen molar-refractivity contribution in [3.05, 3.63) is 30.5 Å². The Bertz CT molecular complexity index is 851. The molecule has 124 valence electrons. The summed E-state index contributed by atoms with van der Waals surface area (Å²) in [6.45, 7) is 0.998. The molecular formula is C16H18N6O2. The average molecular weight is 326 g/mol. The van der Waals surface area contributed by atoms with Crippen molar-refractivity contribution in [1.82, 2.24) is 20.2 Å². The number of ether oxygens (including phenoxy) is 1. The number of anilines is 2. The second-order valence-electron chi connectivity index (χ2n) is 5.81. The second-order valence-corrected chi connectivity index (χ2v) is 5.81. The molecule has 0 radical (unpaired) electrons. The van der Waals surface area contributed by atoms with Crippen LogP contribution in [0.25, 0.3) is 22.2 Å². The third-order valence-corrected chi connectivity index (χ3v) is 4.17. The predicted octanol–water partition coefficient (Wildman–Crippen LogP) is 1.16. The molecule has 2 aromatic heterocycles. The Kier molecular flexibility index (Phi) is 3.75. The van der Waals surface area contributed by atoms with Gasteiger partial charge in [0.25, 0.3) is 0 Å². The lowest BCUT2D eigenvalue weighted by Gasteiger charge is -2.29. The minimum Gasteiger partial charge on any atom is -0.391 e. The van der Waals surface area contributed by atoms with Crippen LogP contribution < -0.4 is 11.1 Å². The Morgan fingerprint density at radius 3 is 3.00 bits per heavy atom. The molecule has 24 heavy (non-hydrogen) atoms. The van der Waals surface area contributed by atoms with Gasteiger partial charge in [0.15, 0.2) is 0 Å². The number of nitrogens with one attached hydrogen (secondary N) is 2. The van der Waals surface area contributed by atoms with Crippen LogP contribution in [0.1, 0.15) is 6.42 Å².